The molecule has 0 atom stereocenters. The van der Waals surface area contributed by atoms with Gasteiger partial charge in [0.2, 0.25) is 0 Å². The first-order valence-corrected chi connectivity index (χ1v) is 16.3. The van der Waals surface area contributed by atoms with Crippen molar-refractivity contribution in [1.29, 1.82) is 0 Å². The number of benzene rings is 2. The Bertz CT molecular complexity index is 1680. The number of ether oxygens (including phenoxy) is 1. The summed E-state index contributed by atoms with van der Waals surface area (Å²) in [7, 11) is -4.01. The second-order valence-electron chi connectivity index (χ2n) is 11.5. The maximum atomic E-state index is 14.3. The van der Waals surface area contributed by atoms with Crippen LogP contribution in [-0.4, -0.2) is 23.7 Å². The summed E-state index contributed by atoms with van der Waals surface area (Å²) < 4.78 is 91.5. The van der Waals surface area contributed by atoms with Crippen LogP contribution in [0.5, 0.6) is 11.5 Å². The Kier molecular flexibility index (Phi) is 11.4. The van der Waals surface area contributed by atoms with Crippen molar-refractivity contribution in [2.24, 2.45) is 11.8 Å². The number of aromatic nitrogens is 1. The van der Waals surface area contributed by atoms with E-state index in [4.69, 9.17) is 29.9 Å². The topological polar surface area (TPSA) is 105 Å². The molecule has 1 heterocycles. The highest BCUT2D eigenvalue weighted by Crippen LogP contribution is 2.50. The fraction of sp³-hybridized carbons (Fsp3) is 0.419. The molecule has 2 aromatic carbocycles. The number of amides is 1. The van der Waals surface area contributed by atoms with Crippen LogP contribution in [-0.2, 0) is 43.9 Å². The normalized spacial score (nSPS) is 13.4. The lowest BCUT2D eigenvalue weighted by Gasteiger charge is -2.20. The second kappa shape index (κ2) is 14.7. The molecule has 0 spiro atoms. The molecule has 0 fully saturated rings. The van der Waals surface area contributed by atoms with Crippen molar-refractivity contribution >= 4 is 31.0 Å². The van der Waals surface area contributed by atoms with Gasteiger partial charge in [-0.15, -0.1) is 0 Å². The van der Waals surface area contributed by atoms with Crippen LogP contribution >= 0.6 is 19.4 Å². The Labute approximate surface area is 268 Å². The molecule has 1 amide bonds. The quantitative estimate of drug-likeness (QED) is 0.142. The lowest BCUT2D eigenvalue weighted by molar-refractivity contribution is -0.137. The van der Waals surface area contributed by atoms with Crippen molar-refractivity contribution in [2.45, 2.75) is 59.9 Å². The van der Waals surface area contributed by atoms with Crippen LogP contribution in [0.1, 0.15) is 61.2 Å². The fourth-order valence-corrected chi connectivity index (χ4v) is 6.21. The van der Waals surface area contributed by atoms with Crippen molar-refractivity contribution < 1.29 is 45.2 Å². The van der Waals surface area contributed by atoms with Crippen molar-refractivity contribution in [3.63, 3.8) is 0 Å². The number of carbonyl (C=O) groups excluding carboxylic acids is 1. The average Bonchev–Trinajstić information content (AvgIpc) is 3.48. The summed E-state index contributed by atoms with van der Waals surface area (Å²) in [5, 5.41) is 1.72. The molecule has 1 N–H and O–H groups in total. The molecule has 0 aliphatic heterocycles. The lowest BCUT2D eigenvalue weighted by Crippen LogP contribution is -2.22. The van der Waals surface area contributed by atoms with Crippen molar-refractivity contribution in [3.05, 3.63) is 86.0 Å². The first kappa shape index (κ1) is 35.6. The standard InChI is InChI=1S/C31H34ClF4N2O7P/c1-18(2)15-42-46(41,43-16-19(3)4)44-17-38-11-10-20(12-29(38)39)37-30(40)23-13-25(32)24(31(34,35)36)14-28(23)45-27-9-8-26(33)21-6-5-7-22(21)27/h8-14,18-19H,5-7,15-17H2,1-4H3,(H,37,40). The number of fused-ring (bicyclic) bond motifs is 1. The third-order valence-electron chi connectivity index (χ3n) is 6.76. The maximum absolute atomic E-state index is 14.3. The van der Waals surface area contributed by atoms with Gasteiger partial charge in [-0.3, -0.25) is 27.7 Å². The molecule has 46 heavy (non-hydrogen) atoms. The Morgan fingerprint density at radius 1 is 0.978 bits per heavy atom. The zero-order valence-corrected chi connectivity index (χ0v) is 27.2. The number of alkyl halides is 3. The van der Waals surface area contributed by atoms with Crippen LogP contribution < -0.4 is 15.6 Å². The molecule has 0 unspecified atom stereocenters. The summed E-state index contributed by atoms with van der Waals surface area (Å²) >= 11 is 5.93. The molecule has 0 saturated carbocycles. The van der Waals surface area contributed by atoms with E-state index < -0.39 is 54.3 Å². The van der Waals surface area contributed by atoms with Crippen molar-refractivity contribution in [1.82, 2.24) is 4.57 Å². The van der Waals surface area contributed by atoms with Gasteiger partial charge in [-0.05, 0) is 67.0 Å². The van der Waals surface area contributed by atoms with E-state index in [1.54, 1.807) is 0 Å². The Hall–Kier alpha value is -3.22. The lowest BCUT2D eigenvalue weighted by atomic mass is 10.1. The zero-order chi connectivity index (χ0) is 33.8. The number of carbonyl (C=O) groups is 1. The van der Waals surface area contributed by atoms with Gasteiger partial charge in [0.1, 0.15) is 24.0 Å². The predicted octanol–water partition coefficient (Wildman–Crippen LogP) is 8.62. The Balaban J connectivity index is 1.57. The number of hydrogen-bond acceptors (Lipinski definition) is 7. The molecule has 4 rings (SSSR count). The number of nitrogens with zero attached hydrogens (tertiary/aromatic N) is 1. The van der Waals surface area contributed by atoms with Crippen LogP contribution in [0.15, 0.2) is 47.4 Å². The molecular formula is C31H34ClF4N2O7P. The van der Waals surface area contributed by atoms with Gasteiger partial charge in [0.05, 0.1) is 29.4 Å². The van der Waals surface area contributed by atoms with Gasteiger partial charge >= 0.3 is 14.0 Å². The van der Waals surface area contributed by atoms with Gasteiger partial charge < -0.3 is 10.1 Å². The van der Waals surface area contributed by atoms with Gasteiger partial charge in [0, 0.05) is 23.5 Å². The Morgan fingerprint density at radius 2 is 1.63 bits per heavy atom. The van der Waals surface area contributed by atoms with E-state index >= 15 is 0 Å². The highest BCUT2D eigenvalue weighted by Gasteiger charge is 2.36. The maximum Gasteiger partial charge on any atom is 0.476 e. The number of nitrogens with one attached hydrogen (secondary N) is 1. The average molecular weight is 689 g/mol. The summed E-state index contributed by atoms with van der Waals surface area (Å²) in [4.78, 5) is 26.2. The van der Waals surface area contributed by atoms with Gasteiger partial charge in [0.15, 0.2) is 0 Å². The van der Waals surface area contributed by atoms with E-state index in [1.807, 2.05) is 27.7 Å². The molecule has 250 valence electrons. The monoisotopic (exact) mass is 688 g/mol. The minimum Gasteiger partial charge on any atom is -0.456 e. The minimum atomic E-state index is -4.86. The number of halogens is 5. The molecule has 1 aliphatic rings. The highest BCUT2D eigenvalue weighted by molar-refractivity contribution is 7.48. The summed E-state index contributed by atoms with van der Waals surface area (Å²) in [5.74, 6) is -1.65. The third-order valence-corrected chi connectivity index (χ3v) is 8.44. The van der Waals surface area contributed by atoms with E-state index in [-0.39, 0.29) is 42.0 Å². The van der Waals surface area contributed by atoms with E-state index in [0.717, 1.165) is 22.8 Å². The zero-order valence-electron chi connectivity index (χ0n) is 25.6. The van der Waals surface area contributed by atoms with Crippen LogP contribution in [0.25, 0.3) is 0 Å². The largest absolute Gasteiger partial charge is 0.476 e. The number of rotatable bonds is 13. The first-order valence-electron chi connectivity index (χ1n) is 14.5. The van der Waals surface area contributed by atoms with Gasteiger partial charge in [0.25, 0.3) is 11.5 Å². The summed E-state index contributed by atoms with van der Waals surface area (Å²) in [6.45, 7) is 7.12. The van der Waals surface area contributed by atoms with E-state index in [9.17, 15) is 31.7 Å². The molecule has 3 aromatic rings. The van der Waals surface area contributed by atoms with Crippen molar-refractivity contribution in [2.75, 3.05) is 18.5 Å². The number of pyridine rings is 1. The molecule has 0 radical (unpaired) electrons. The second-order valence-corrected chi connectivity index (χ2v) is 13.6. The van der Waals surface area contributed by atoms with Gasteiger partial charge in [-0.25, -0.2) is 8.96 Å². The third kappa shape index (κ3) is 8.98. The van der Waals surface area contributed by atoms with E-state index in [0.29, 0.717) is 36.5 Å². The highest BCUT2D eigenvalue weighted by atomic mass is 35.5. The molecule has 15 heteroatoms. The SMILES string of the molecule is CC(C)COP(=O)(OCC(C)C)OCn1ccc(NC(=O)c2cc(Cl)c(C(F)(F)F)cc2Oc2ccc(F)c3c2CCC3)cc1=O. The molecule has 1 aromatic heterocycles. The van der Waals surface area contributed by atoms with Gasteiger partial charge in [-0.1, -0.05) is 39.3 Å². The fourth-order valence-electron chi connectivity index (χ4n) is 4.49. The Morgan fingerprint density at radius 3 is 2.24 bits per heavy atom. The first-order chi connectivity index (χ1) is 21.6. The molecule has 9 nitrogen and oxygen atoms in total. The molecule has 1 aliphatic carbocycles. The number of hydrogen-bond donors (Lipinski definition) is 1. The molecule has 0 saturated heterocycles. The van der Waals surface area contributed by atoms with Crippen molar-refractivity contribution in [3.8, 4) is 11.5 Å². The predicted molar refractivity (Wildman–Crippen MR) is 164 cm³/mol. The van der Waals surface area contributed by atoms with Crippen LogP contribution in [0.2, 0.25) is 5.02 Å². The molecule has 0 bridgehead atoms. The van der Waals surface area contributed by atoms with E-state index in [1.165, 1.54) is 18.3 Å². The summed E-state index contributed by atoms with van der Waals surface area (Å²) in [6, 6.07) is 6.25. The van der Waals surface area contributed by atoms with Crippen LogP contribution in [0.4, 0.5) is 23.2 Å². The number of anilines is 1. The minimum absolute atomic E-state index is 0.00816. The van der Waals surface area contributed by atoms with Crippen LogP contribution in [0, 0.1) is 17.7 Å². The smallest absolute Gasteiger partial charge is 0.456 e. The number of phosphoric acid groups is 1. The van der Waals surface area contributed by atoms with Crippen LogP contribution in [0.3, 0.4) is 0 Å². The summed E-state index contributed by atoms with van der Waals surface area (Å²) in [5.41, 5.74) is -1.34. The van der Waals surface area contributed by atoms with E-state index in [2.05, 4.69) is 5.32 Å². The van der Waals surface area contributed by atoms with Gasteiger partial charge in [-0.2, -0.15) is 13.2 Å². The molecular weight excluding hydrogens is 655 g/mol. The summed E-state index contributed by atoms with van der Waals surface area (Å²) in [6.07, 6.45) is -2.06. The number of phosphoric ester groups is 1.